The first-order valence-electron chi connectivity index (χ1n) is 8.46. The van der Waals surface area contributed by atoms with Gasteiger partial charge < -0.3 is 15.8 Å². The van der Waals surface area contributed by atoms with Crippen molar-refractivity contribution in [1.29, 1.82) is 0 Å². The molecule has 1 aromatic rings. The predicted molar refractivity (Wildman–Crippen MR) is 95.0 cm³/mol. The standard InChI is InChI=1S/C18H26N2O2.ClH/c1-2-22-16-8-6-15(7-9-16)20-18(21)14-10-12-4-3-5-13(11-14)17(12)19;/h6-9,12-14,17H,2-5,10-11,19H2,1H3,(H,20,21);1H. The largest absolute Gasteiger partial charge is 0.494 e. The molecule has 0 aliphatic heterocycles. The number of carbonyl (C=O) groups excluding carboxylic acids is 1. The quantitative estimate of drug-likeness (QED) is 0.881. The van der Waals surface area contributed by atoms with Crippen LogP contribution in [0.1, 0.15) is 39.0 Å². The molecule has 2 atom stereocenters. The van der Waals surface area contributed by atoms with E-state index in [0.717, 1.165) is 24.3 Å². The second-order valence-corrected chi connectivity index (χ2v) is 6.64. The fraction of sp³-hybridized carbons (Fsp3) is 0.611. The maximum atomic E-state index is 12.5. The Kier molecular flexibility index (Phi) is 6.31. The van der Waals surface area contributed by atoms with Gasteiger partial charge in [0.25, 0.3) is 0 Å². The van der Waals surface area contributed by atoms with E-state index in [-0.39, 0.29) is 24.2 Å². The fourth-order valence-corrected chi connectivity index (χ4v) is 4.05. The summed E-state index contributed by atoms with van der Waals surface area (Å²) in [6, 6.07) is 7.90. The smallest absolute Gasteiger partial charge is 0.227 e. The molecule has 1 aromatic carbocycles. The average molecular weight is 339 g/mol. The molecule has 3 N–H and O–H groups in total. The minimum atomic E-state index is 0. The Morgan fingerprint density at radius 1 is 1.22 bits per heavy atom. The van der Waals surface area contributed by atoms with Gasteiger partial charge in [-0.25, -0.2) is 0 Å². The molecule has 2 fully saturated rings. The molecule has 128 valence electrons. The van der Waals surface area contributed by atoms with Gasteiger partial charge in [0.1, 0.15) is 5.75 Å². The zero-order valence-corrected chi connectivity index (χ0v) is 14.5. The first-order chi connectivity index (χ1) is 10.7. The van der Waals surface area contributed by atoms with Crippen molar-refractivity contribution in [2.75, 3.05) is 11.9 Å². The summed E-state index contributed by atoms with van der Waals surface area (Å²) >= 11 is 0. The Labute approximate surface area is 144 Å². The third-order valence-corrected chi connectivity index (χ3v) is 5.22. The summed E-state index contributed by atoms with van der Waals surface area (Å²) in [5, 5.41) is 3.05. The van der Waals surface area contributed by atoms with Crippen molar-refractivity contribution in [3.8, 4) is 5.75 Å². The average Bonchev–Trinajstić information content (AvgIpc) is 2.49. The van der Waals surface area contributed by atoms with Gasteiger partial charge in [-0.1, -0.05) is 6.42 Å². The van der Waals surface area contributed by atoms with Crippen LogP contribution in [0.2, 0.25) is 0 Å². The highest BCUT2D eigenvalue weighted by molar-refractivity contribution is 5.92. The molecular formula is C18H27ClN2O2. The number of anilines is 1. The number of benzene rings is 1. The SMILES string of the molecule is CCOc1ccc(NC(=O)C2CC3CCCC(C2)C3N)cc1.Cl. The number of carbonyl (C=O) groups is 1. The summed E-state index contributed by atoms with van der Waals surface area (Å²) in [5.41, 5.74) is 7.14. The Hall–Kier alpha value is -1.26. The van der Waals surface area contributed by atoms with E-state index in [9.17, 15) is 4.79 Å². The molecule has 3 rings (SSSR count). The fourth-order valence-electron chi connectivity index (χ4n) is 4.05. The van der Waals surface area contributed by atoms with E-state index in [0.29, 0.717) is 24.5 Å². The van der Waals surface area contributed by atoms with Crippen molar-refractivity contribution in [3.63, 3.8) is 0 Å². The third kappa shape index (κ3) is 4.18. The maximum Gasteiger partial charge on any atom is 0.227 e. The van der Waals surface area contributed by atoms with Crippen molar-refractivity contribution in [2.45, 2.75) is 45.1 Å². The van der Waals surface area contributed by atoms with Gasteiger partial charge in [-0.3, -0.25) is 4.79 Å². The van der Waals surface area contributed by atoms with Crippen LogP contribution in [-0.4, -0.2) is 18.6 Å². The van der Waals surface area contributed by atoms with Crippen LogP contribution in [0.4, 0.5) is 5.69 Å². The number of rotatable bonds is 4. The van der Waals surface area contributed by atoms with Crippen LogP contribution >= 0.6 is 12.4 Å². The number of fused-ring (bicyclic) bond motifs is 2. The summed E-state index contributed by atoms with van der Waals surface area (Å²) in [6.45, 7) is 2.61. The highest BCUT2D eigenvalue weighted by atomic mass is 35.5. The van der Waals surface area contributed by atoms with Gasteiger partial charge in [0.05, 0.1) is 6.61 Å². The third-order valence-electron chi connectivity index (χ3n) is 5.22. The van der Waals surface area contributed by atoms with Crippen molar-refractivity contribution in [3.05, 3.63) is 24.3 Å². The highest BCUT2D eigenvalue weighted by Gasteiger charge is 2.40. The topological polar surface area (TPSA) is 64.3 Å². The molecular weight excluding hydrogens is 312 g/mol. The number of halogens is 1. The van der Waals surface area contributed by atoms with E-state index in [4.69, 9.17) is 10.5 Å². The van der Waals surface area contributed by atoms with Crippen molar-refractivity contribution < 1.29 is 9.53 Å². The Morgan fingerprint density at radius 3 is 2.39 bits per heavy atom. The summed E-state index contributed by atoms with van der Waals surface area (Å²) in [7, 11) is 0. The van der Waals surface area contributed by atoms with Crippen molar-refractivity contribution in [2.24, 2.45) is 23.5 Å². The zero-order valence-electron chi connectivity index (χ0n) is 13.7. The molecule has 2 bridgehead atoms. The summed E-state index contributed by atoms with van der Waals surface area (Å²) in [6.07, 6.45) is 5.53. The Bertz CT molecular complexity index is 506. The van der Waals surface area contributed by atoms with Crippen molar-refractivity contribution >= 4 is 24.0 Å². The molecule has 2 unspecified atom stereocenters. The molecule has 5 heteroatoms. The summed E-state index contributed by atoms with van der Waals surface area (Å²) in [4.78, 5) is 12.5. The Balaban J connectivity index is 0.00000192. The lowest BCUT2D eigenvalue weighted by molar-refractivity contribution is -0.122. The predicted octanol–water partition coefficient (Wildman–Crippen LogP) is 3.60. The lowest BCUT2D eigenvalue weighted by Crippen LogP contribution is -2.48. The van der Waals surface area contributed by atoms with E-state index < -0.39 is 0 Å². The number of nitrogens with two attached hydrogens (primary N) is 1. The van der Waals surface area contributed by atoms with Gasteiger partial charge in [0, 0.05) is 17.6 Å². The molecule has 0 saturated heterocycles. The van der Waals surface area contributed by atoms with Crippen LogP contribution in [0.5, 0.6) is 5.75 Å². The van der Waals surface area contributed by atoms with Gasteiger partial charge >= 0.3 is 0 Å². The lowest BCUT2D eigenvalue weighted by atomic mass is 9.65. The summed E-state index contributed by atoms with van der Waals surface area (Å²) < 4.78 is 5.42. The van der Waals surface area contributed by atoms with Crippen molar-refractivity contribution in [1.82, 2.24) is 0 Å². The first kappa shape index (κ1) is 18.1. The molecule has 0 heterocycles. The number of hydrogen-bond acceptors (Lipinski definition) is 3. The highest BCUT2D eigenvalue weighted by Crippen LogP contribution is 2.42. The van der Waals surface area contributed by atoms with E-state index in [1.165, 1.54) is 19.3 Å². The Morgan fingerprint density at radius 2 is 1.83 bits per heavy atom. The van der Waals surface area contributed by atoms with E-state index >= 15 is 0 Å². The second kappa shape index (κ2) is 8.02. The van der Waals surface area contributed by atoms with Gasteiger partial charge in [0.15, 0.2) is 0 Å². The van der Waals surface area contributed by atoms with Crippen LogP contribution in [-0.2, 0) is 4.79 Å². The number of amides is 1. The molecule has 2 aliphatic rings. The van der Waals surface area contributed by atoms with Crippen LogP contribution < -0.4 is 15.8 Å². The molecule has 2 aliphatic carbocycles. The molecule has 4 nitrogen and oxygen atoms in total. The van der Waals surface area contributed by atoms with Crippen LogP contribution in [0.3, 0.4) is 0 Å². The van der Waals surface area contributed by atoms with E-state index in [2.05, 4.69) is 5.32 Å². The molecule has 1 amide bonds. The minimum absolute atomic E-state index is 0. The van der Waals surface area contributed by atoms with Crippen LogP contribution in [0.25, 0.3) is 0 Å². The monoisotopic (exact) mass is 338 g/mol. The molecule has 0 radical (unpaired) electrons. The first-order valence-corrected chi connectivity index (χ1v) is 8.46. The molecule has 2 saturated carbocycles. The van der Waals surface area contributed by atoms with Gasteiger partial charge in [-0.05, 0) is 68.7 Å². The van der Waals surface area contributed by atoms with Gasteiger partial charge in [-0.2, -0.15) is 0 Å². The number of nitrogens with one attached hydrogen (secondary N) is 1. The minimum Gasteiger partial charge on any atom is -0.494 e. The van der Waals surface area contributed by atoms with E-state index in [1.807, 2.05) is 31.2 Å². The molecule has 0 aromatic heterocycles. The number of ether oxygens (including phenoxy) is 1. The normalized spacial score (nSPS) is 29.3. The zero-order chi connectivity index (χ0) is 15.5. The lowest BCUT2D eigenvalue weighted by Gasteiger charge is -2.43. The van der Waals surface area contributed by atoms with E-state index in [1.54, 1.807) is 0 Å². The molecule has 23 heavy (non-hydrogen) atoms. The second-order valence-electron chi connectivity index (χ2n) is 6.64. The molecule has 0 spiro atoms. The maximum absolute atomic E-state index is 12.5. The summed E-state index contributed by atoms with van der Waals surface area (Å²) in [5.74, 6) is 2.15. The number of hydrogen-bond donors (Lipinski definition) is 2. The van der Waals surface area contributed by atoms with Crippen LogP contribution in [0.15, 0.2) is 24.3 Å². The van der Waals surface area contributed by atoms with Gasteiger partial charge in [-0.15, -0.1) is 12.4 Å². The van der Waals surface area contributed by atoms with Gasteiger partial charge in [0.2, 0.25) is 5.91 Å². The van der Waals surface area contributed by atoms with Crippen LogP contribution in [0, 0.1) is 17.8 Å².